The van der Waals surface area contributed by atoms with E-state index in [1.54, 1.807) is 7.11 Å². The lowest BCUT2D eigenvalue weighted by Gasteiger charge is -2.27. The zero-order valence-electron chi connectivity index (χ0n) is 10.9. The Bertz CT molecular complexity index is 334. The molecular formula is C14H23ClN2O. The number of ether oxygens (including phenoxy) is 1. The van der Waals surface area contributed by atoms with E-state index in [2.05, 4.69) is 17.4 Å². The van der Waals surface area contributed by atoms with Crippen molar-refractivity contribution in [1.29, 1.82) is 0 Å². The van der Waals surface area contributed by atoms with Gasteiger partial charge in [0, 0.05) is 18.6 Å². The first-order chi connectivity index (χ1) is 8.28. The van der Waals surface area contributed by atoms with Gasteiger partial charge in [-0.3, -0.25) is 0 Å². The van der Waals surface area contributed by atoms with E-state index in [4.69, 9.17) is 10.5 Å². The highest BCUT2D eigenvalue weighted by Crippen LogP contribution is 2.18. The molecule has 0 atom stereocenters. The molecule has 1 aromatic rings. The summed E-state index contributed by atoms with van der Waals surface area (Å²) in [7, 11) is 1.69. The van der Waals surface area contributed by atoms with E-state index in [0.29, 0.717) is 12.1 Å². The molecule has 1 aliphatic carbocycles. The van der Waals surface area contributed by atoms with Crippen molar-refractivity contribution in [3.05, 3.63) is 29.8 Å². The van der Waals surface area contributed by atoms with E-state index >= 15 is 0 Å². The molecule has 1 aliphatic rings. The fraction of sp³-hybridized carbons (Fsp3) is 0.571. The van der Waals surface area contributed by atoms with Gasteiger partial charge >= 0.3 is 0 Å². The van der Waals surface area contributed by atoms with E-state index in [1.807, 2.05) is 12.1 Å². The molecule has 0 spiro atoms. The third-order valence-corrected chi connectivity index (χ3v) is 3.53. The van der Waals surface area contributed by atoms with Gasteiger partial charge < -0.3 is 15.8 Å². The maximum absolute atomic E-state index is 5.89. The second-order valence-corrected chi connectivity index (χ2v) is 4.84. The topological polar surface area (TPSA) is 47.3 Å². The Labute approximate surface area is 116 Å². The third kappa shape index (κ3) is 4.48. The van der Waals surface area contributed by atoms with Gasteiger partial charge in [0.05, 0.1) is 7.11 Å². The predicted molar refractivity (Wildman–Crippen MR) is 77.3 cm³/mol. The lowest BCUT2D eigenvalue weighted by Crippen LogP contribution is -2.36. The van der Waals surface area contributed by atoms with Gasteiger partial charge in [-0.2, -0.15) is 0 Å². The van der Waals surface area contributed by atoms with Crippen molar-refractivity contribution in [3.8, 4) is 5.75 Å². The third-order valence-electron chi connectivity index (χ3n) is 3.53. The molecule has 3 N–H and O–H groups in total. The molecule has 1 aromatic carbocycles. The number of rotatable bonds is 4. The van der Waals surface area contributed by atoms with Crippen LogP contribution in [0.3, 0.4) is 0 Å². The van der Waals surface area contributed by atoms with Gasteiger partial charge in [-0.25, -0.2) is 0 Å². The van der Waals surface area contributed by atoms with Gasteiger partial charge in [0.1, 0.15) is 5.75 Å². The number of methoxy groups -OCH3 is 1. The van der Waals surface area contributed by atoms with Gasteiger partial charge in [0.15, 0.2) is 0 Å². The van der Waals surface area contributed by atoms with Crippen LogP contribution >= 0.6 is 12.4 Å². The van der Waals surface area contributed by atoms with Crippen LogP contribution in [0.1, 0.15) is 31.2 Å². The second kappa shape index (κ2) is 7.62. The Morgan fingerprint density at radius 1 is 1.17 bits per heavy atom. The lowest BCUT2D eigenvalue weighted by atomic mass is 9.92. The molecule has 102 valence electrons. The second-order valence-electron chi connectivity index (χ2n) is 4.84. The predicted octanol–water partition coefficient (Wildman–Crippen LogP) is 2.48. The SMILES string of the molecule is COc1ccc(CNC2CCC(N)CC2)cc1.Cl. The Morgan fingerprint density at radius 2 is 1.78 bits per heavy atom. The minimum atomic E-state index is 0. The summed E-state index contributed by atoms with van der Waals surface area (Å²) in [4.78, 5) is 0. The molecule has 4 heteroatoms. The summed E-state index contributed by atoms with van der Waals surface area (Å²) in [5, 5.41) is 3.60. The van der Waals surface area contributed by atoms with Gasteiger partial charge in [-0.15, -0.1) is 12.4 Å². The fourth-order valence-corrected chi connectivity index (χ4v) is 2.33. The van der Waals surface area contributed by atoms with Crippen LogP contribution in [0.25, 0.3) is 0 Å². The van der Waals surface area contributed by atoms with Crippen molar-refractivity contribution >= 4 is 12.4 Å². The summed E-state index contributed by atoms with van der Waals surface area (Å²) in [5.41, 5.74) is 7.20. The molecule has 0 heterocycles. The summed E-state index contributed by atoms with van der Waals surface area (Å²) in [6, 6.07) is 9.30. The average molecular weight is 271 g/mol. The van der Waals surface area contributed by atoms with Crippen LogP contribution in [-0.2, 0) is 6.54 Å². The molecule has 1 saturated carbocycles. The maximum Gasteiger partial charge on any atom is 0.118 e. The summed E-state index contributed by atoms with van der Waals surface area (Å²) >= 11 is 0. The number of halogens is 1. The number of nitrogens with one attached hydrogen (secondary N) is 1. The Morgan fingerprint density at radius 3 is 2.33 bits per heavy atom. The Hall–Kier alpha value is -0.770. The van der Waals surface area contributed by atoms with Crippen molar-refractivity contribution in [3.63, 3.8) is 0 Å². The quantitative estimate of drug-likeness (QED) is 0.884. The summed E-state index contributed by atoms with van der Waals surface area (Å²) in [5.74, 6) is 0.914. The van der Waals surface area contributed by atoms with Crippen molar-refractivity contribution in [2.75, 3.05) is 7.11 Å². The van der Waals surface area contributed by atoms with E-state index in [-0.39, 0.29) is 12.4 Å². The Kier molecular flexibility index (Phi) is 6.47. The molecule has 0 amide bonds. The van der Waals surface area contributed by atoms with Crippen molar-refractivity contribution in [2.45, 2.75) is 44.3 Å². The fourth-order valence-electron chi connectivity index (χ4n) is 2.33. The standard InChI is InChI=1S/C14H22N2O.ClH/c1-17-14-8-2-11(3-9-14)10-16-13-6-4-12(15)5-7-13;/h2-3,8-9,12-13,16H,4-7,10,15H2,1H3;1H. The van der Waals surface area contributed by atoms with E-state index < -0.39 is 0 Å². The smallest absolute Gasteiger partial charge is 0.118 e. The largest absolute Gasteiger partial charge is 0.497 e. The van der Waals surface area contributed by atoms with E-state index in [0.717, 1.165) is 25.1 Å². The highest BCUT2D eigenvalue weighted by atomic mass is 35.5. The molecule has 18 heavy (non-hydrogen) atoms. The summed E-state index contributed by atoms with van der Waals surface area (Å²) in [6.07, 6.45) is 4.72. The van der Waals surface area contributed by atoms with Gasteiger partial charge in [-0.05, 0) is 43.4 Å². The molecule has 2 rings (SSSR count). The highest BCUT2D eigenvalue weighted by Gasteiger charge is 2.17. The molecule has 3 nitrogen and oxygen atoms in total. The minimum absolute atomic E-state index is 0. The first-order valence-corrected chi connectivity index (χ1v) is 6.40. The zero-order valence-corrected chi connectivity index (χ0v) is 11.7. The lowest BCUT2D eigenvalue weighted by molar-refractivity contribution is 0.341. The monoisotopic (exact) mass is 270 g/mol. The summed E-state index contributed by atoms with van der Waals surface area (Å²) in [6.45, 7) is 0.934. The molecule has 0 radical (unpaired) electrons. The number of nitrogens with two attached hydrogens (primary N) is 1. The first kappa shape index (κ1) is 15.3. The number of hydrogen-bond donors (Lipinski definition) is 2. The minimum Gasteiger partial charge on any atom is -0.497 e. The van der Waals surface area contributed by atoms with Crippen LogP contribution in [0.5, 0.6) is 5.75 Å². The molecular weight excluding hydrogens is 248 g/mol. The number of hydrogen-bond acceptors (Lipinski definition) is 3. The van der Waals surface area contributed by atoms with Crippen LogP contribution in [0.15, 0.2) is 24.3 Å². The average Bonchev–Trinajstić information content (AvgIpc) is 2.39. The summed E-state index contributed by atoms with van der Waals surface area (Å²) < 4.78 is 5.14. The van der Waals surface area contributed by atoms with Gasteiger partial charge in [0.2, 0.25) is 0 Å². The van der Waals surface area contributed by atoms with Crippen LogP contribution in [0.4, 0.5) is 0 Å². The van der Waals surface area contributed by atoms with E-state index in [9.17, 15) is 0 Å². The van der Waals surface area contributed by atoms with Crippen LogP contribution in [0.2, 0.25) is 0 Å². The maximum atomic E-state index is 5.89. The van der Waals surface area contributed by atoms with Gasteiger partial charge in [-0.1, -0.05) is 12.1 Å². The first-order valence-electron chi connectivity index (χ1n) is 6.40. The number of benzene rings is 1. The highest BCUT2D eigenvalue weighted by molar-refractivity contribution is 5.85. The van der Waals surface area contributed by atoms with Crippen molar-refractivity contribution < 1.29 is 4.74 Å². The Balaban J connectivity index is 0.00000162. The van der Waals surface area contributed by atoms with Crippen LogP contribution in [-0.4, -0.2) is 19.2 Å². The molecule has 0 bridgehead atoms. The normalized spacial score (nSPS) is 23.2. The van der Waals surface area contributed by atoms with Gasteiger partial charge in [0.25, 0.3) is 0 Å². The molecule has 0 unspecified atom stereocenters. The molecule has 0 aliphatic heterocycles. The molecule has 1 fully saturated rings. The molecule has 0 aromatic heterocycles. The van der Waals surface area contributed by atoms with Crippen LogP contribution in [0, 0.1) is 0 Å². The van der Waals surface area contributed by atoms with Crippen LogP contribution < -0.4 is 15.8 Å². The zero-order chi connectivity index (χ0) is 12.1. The van der Waals surface area contributed by atoms with E-state index in [1.165, 1.54) is 18.4 Å². The molecule has 0 saturated heterocycles. The van der Waals surface area contributed by atoms with Crippen molar-refractivity contribution in [2.24, 2.45) is 5.73 Å². The van der Waals surface area contributed by atoms with Crippen molar-refractivity contribution in [1.82, 2.24) is 5.32 Å².